The molecule has 4 unspecified atom stereocenters. The van der Waals surface area contributed by atoms with Gasteiger partial charge in [0.2, 0.25) is 5.82 Å². The average molecular weight is 603 g/mol. The Kier molecular flexibility index (Phi) is 9.80. The number of hydrogen-bond acceptors (Lipinski definition) is 10. The van der Waals surface area contributed by atoms with Crippen LogP contribution in [-0.2, 0) is 9.53 Å². The fraction of sp³-hybridized carbons (Fsp3) is 0.387. The molecule has 0 aliphatic carbocycles. The van der Waals surface area contributed by atoms with E-state index < -0.39 is 36.4 Å². The van der Waals surface area contributed by atoms with Crippen molar-refractivity contribution in [1.82, 2.24) is 35.1 Å². The lowest BCUT2D eigenvalue weighted by molar-refractivity contribution is -0.137. The van der Waals surface area contributed by atoms with Crippen molar-refractivity contribution in [1.29, 1.82) is 0 Å². The van der Waals surface area contributed by atoms with Crippen LogP contribution >= 0.6 is 0 Å². The van der Waals surface area contributed by atoms with Gasteiger partial charge in [0.1, 0.15) is 12.2 Å². The smallest absolute Gasteiger partial charge is 0.289 e. The molecule has 0 saturated carbocycles. The highest BCUT2D eigenvalue weighted by atomic mass is 16.6. The van der Waals surface area contributed by atoms with E-state index in [-0.39, 0.29) is 17.4 Å². The van der Waals surface area contributed by atoms with Crippen LogP contribution in [0.4, 0.5) is 5.82 Å². The molecule has 3 heterocycles. The van der Waals surface area contributed by atoms with Crippen LogP contribution in [0.1, 0.15) is 40.8 Å². The molecule has 4 atom stereocenters. The van der Waals surface area contributed by atoms with Gasteiger partial charge >= 0.3 is 0 Å². The molecule has 5 rings (SSSR count). The van der Waals surface area contributed by atoms with E-state index in [4.69, 9.17) is 4.74 Å². The molecule has 2 aromatic heterocycles. The topological polar surface area (TPSA) is 167 Å². The Bertz CT molecular complexity index is 1530. The van der Waals surface area contributed by atoms with E-state index >= 15 is 0 Å². The van der Waals surface area contributed by atoms with E-state index in [2.05, 4.69) is 55.2 Å². The lowest BCUT2D eigenvalue weighted by Crippen LogP contribution is -2.42. The summed E-state index contributed by atoms with van der Waals surface area (Å²) < 4.78 is 7.24. The molecule has 5 N–H and O–H groups in total. The number of benzene rings is 2. The third kappa shape index (κ3) is 6.70. The summed E-state index contributed by atoms with van der Waals surface area (Å²) in [5, 5.41) is 30.3. The zero-order valence-corrected chi connectivity index (χ0v) is 24.9. The summed E-state index contributed by atoms with van der Waals surface area (Å²) in [7, 11) is 3.81. The number of hydrogen-bond donors (Lipinski definition) is 5. The summed E-state index contributed by atoms with van der Waals surface area (Å²) in [6.07, 6.45) is -4.02. The van der Waals surface area contributed by atoms with Crippen molar-refractivity contribution in [2.24, 2.45) is 0 Å². The summed E-state index contributed by atoms with van der Waals surface area (Å²) in [5.41, 5.74) is 2.72. The van der Waals surface area contributed by atoms with Crippen molar-refractivity contribution in [3.63, 3.8) is 0 Å². The third-order valence-corrected chi connectivity index (χ3v) is 7.47. The fourth-order valence-corrected chi connectivity index (χ4v) is 5.18. The summed E-state index contributed by atoms with van der Waals surface area (Å²) in [6.45, 7) is 3.50. The maximum atomic E-state index is 13.2. The van der Waals surface area contributed by atoms with Gasteiger partial charge in [-0.3, -0.25) is 14.2 Å². The van der Waals surface area contributed by atoms with Gasteiger partial charge < -0.3 is 35.8 Å². The number of aliphatic hydroxyl groups excluding tert-OH is 2. The Morgan fingerprint density at radius 1 is 0.977 bits per heavy atom. The monoisotopic (exact) mass is 602 g/mol. The molecule has 0 spiro atoms. The number of carbonyl (C=O) groups excluding carboxylic acids is 2. The first-order chi connectivity index (χ1) is 21.3. The second-order valence-corrected chi connectivity index (χ2v) is 10.9. The first-order valence-electron chi connectivity index (χ1n) is 14.6. The lowest BCUT2D eigenvalue weighted by atomic mass is 9.91. The molecular weight excluding hydrogens is 564 g/mol. The number of rotatable bonds is 12. The molecule has 4 aromatic rings. The van der Waals surface area contributed by atoms with Crippen LogP contribution in [0.25, 0.3) is 11.2 Å². The van der Waals surface area contributed by atoms with Crippen LogP contribution in [0.5, 0.6) is 0 Å². The number of nitrogens with zero attached hydrogens (tertiary/aromatic N) is 5. The first-order valence-corrected chi connectivity index (χ1v) is 14.6. The molecule has 44 heavy (non-hydrogen) atoms. The maximum Gasteiger partial charge on any atom is 0.289 e. The number of amides is 2. The summed E-state index contributed by atoms with van der Waals surface area (Å²) in [4.78, 5) is 41.2. The number of anilines is 1. The van der Waals surface area contributed by atoms with Crippen LogP contribution in [0.15, 0.2) is 67.0 Å². The highest BCUT2D eigenvalue weighted by Gasteiger charge is 2.47. The summed E-state index contributed by atoms with van der Waals surface area (Å²) in [6, 6.07) is 20.1. The molecule has 1 aliphatic heterocycles. The van der Waals surface area contributed by atoms with Crippen molar-refractivity contribution in [3.05, 3.63) is 83.9 Å². The number of nitrogens with one attached hydrogen (secondary N) is 3. The normalized spacial score (nSPS) is 19.9. The van der Waals surface area contributed by atoms with E-state index in [9.17, 15) is 19.8 Å². The molecule has 2 amide bonds. The second-order valence-electron chi connectivity index (χ2n) is 10.9. The molecule has 1 aliphatic rings. The van der Waals surface area contributed by atoms with E-state index in [1.165, 1.54) is 10.9 Å². The molecule has 0 bridgehead atoms. The SMILES string of the molecule is CCNC(=O)C1OC(n2cnc3c(NCC(c4ccccc4)c4ccccc4)nc(C(=O)NCCN(C)C)nc32)C(O)C1O. The van der Waals surface area contributed by atoms with Crippen molar-refractivity contribution < 1.29 is 24.5 Å². The average Bonchev–Trinajstić information content (AvgIpc) is 3.58. The Morgan fingerprint density at radius 2 is 1.64 bits per heavy atom. The number of ether oxygens (including phenoxy) is 1. The largest absolute Gasteiger partial charge is 0.387 e. The number of imidazole rings is 1. The van der Waals surface area contributed by atoms with Gasteiger partial charge in [0.15, 0.2) is 29.3 Å². The van der Waals surface area contributed by atoms with Gasteiger partial charge in [0.05, 0.1) is 6.33 Å². The quantitative estimate of drug-likeness (QED) is 0.159. The van der Waals surface area contributed by atoms with Crippen molar-refractivity contribution in [3.8, 4) is 0 Å². The van der Waals surface area contributed by atoms with E-state index in [0.29, 0.717) is 37.5 Å². The van der Waals surface area contributed by atoms with Crippen molar-refractivity contribution >= 4 is 28.8 Å². The number of likely N-dealkylation sites (N-methyl/N-ethyl adjacent to an activating group) is 2. The molecule has 0 radical (unpaired) electrons. The van der Waals surface area contributed by atoms with Crippen LogP contribution in [-0.4, -0.2) is 105 Å². The van der Waals surface area contributed by atoms with Gasteiger partial charge in [0, 0.05) is 32.1 Å². The minimum atomic E-state index is -1.48. The molecule has 13 heteroatoms. The molecule has 232 valence electrons. The van der Waals surface area contributed by atoms with Crippen LogP contribution < -0.4 is 16.0 Å². The Balaban J connectivity index is 1.51. The van der Waals surface area contributed by atoms with Crippen LogP contribution in [0, 0.1) is 0 Å². The predicted molar refractivity (Wildman–Crippen MR) is 164 cm³/mol. The number of aromatic nitrogens is 4. The molecular formula is C31H38N8O5. The predicted octanol–water partition coefficient (Wildman–Crippen LogP) is 1.12. The van der Waals surface area contributed by atoms with E-state index in [1.807, 2.05) is 55.4 Å². The lowest BCUT2D eigenvalue weighted by Gasteiger charge is -2.20. The summed E-state index contributed by atoms with van der Waals surface area (Å²) in [5.74, 6) is -0.867. The van der Waals surface area contributed by atoms with Crippen LogP contribution in [0.3, 0.4) is 0 Å². The van der Waals surface area contributed by atoms with E-state index in [0.717, 1.165) is 11.1 Å². The Hall–Kier alpha value is -4.43. The molecule has 2 aromatic carbocycles. The van der Waals surface area contributed by atoms with Crippen molar-refractivity contribution in [2.45, 2.75) is 37.4 Å². The first kappa shape index (κ1) is 31.0. The van der Waals surface area contributed by atoms with Gasteiger partial charge in [-0.05, 0) is 32.1 Å². The number of aliphatic hydroxyl groups is 2. The Labute approximate surface area is 255 Å². The highest BCUT2D eigenvalue weighted by Crippen LogP contribution is 2.33. The highest BCUT2D eigenvalue weighted by molar-refractivity contribution is 5.94. The maximum absolute atomic E-state index is 13.2. The third-order valence-electron chi connectivity index (χ3n) is 7.47. The van der Waals surface area contributed by atoms with E-state index in [1.54, 1.807) is 6.92 Å². The Morgan fingerprint density at radius 3 is 2.25 bits per heavy atom. The molecule has 13 nitrogen and oxygen atoms in total. The molecule has 1 fully saturated rings. The minimum Gasteiger partial charge on any atom is -0.387 e. The standard InChI is InChI=1S/C31H38N8O5/c1-4-32-29(42)25-23(40)24(41)31(44-25)39-18-35-22-26(36-27(37-28(22)39)30(43)33-15-16-38(2)3)34-17-21(19-11-7-5-8-12-19)20-13-9-6-10-14-20/h5-14,18,21,23-25,31,40-41H,4,15-17H2,1-3H3,(H,32,42)(H,33,43)(H,34,36,37). The van der Waals surface area contributed by atoms with Crippen LogP contribution in [0.2, 0.25) is 0 Å². The summed E-state index contributed by atoms with van der Waals surface area (Å²) >= 11 is 0. The van der Waals surface area contributed by atoms with Crippen molar-refractivity contribution in [2.75, 3.05) is 45.6 Å². The molecule has 1 saturated heterocycles. The van der Waals surface area contributed by atoms with Gasteiger partial charge in [-0.25, -0.2) is 15.0 Å². The number of carbonyl (C=O) groups is 2. The minimum absolute atomic E-state index is 0.0464. The zero-order valence-electron chi connectivity index (χ0n) is 24.9. The van der Waals surface area contributed by atoms with Gasteiger partial charge in [-0.1, -0.05) is 60.7 Å². The van der Waals surface area contributed by atoms with Gasteiger partial charge in [-0.2, -0.15) is 0 Å². The van der Waals surface area contributed by atoms with Gasteiger partial charge in [0.25, 0.3) is 11.8 Å². The number of fused-ring (bicyclic) bond motifs is 1. The van der Waals surface area contributed by atoms with Gasteiger partial charge in [-0.15, -0.1) is 0 Å². The second kappa shape index (κ2) is 13.9. The fourth-order valence-electron chi connectivity index (χ4n) is 5.18. The zero-order chi connectivity index (χ0) is 31.2.